The number of nitrogens with zero attached hydrogens (tertiary/aromatic N) is 2. The van der Waals surface area contributed by atoms with Crippen LogP contribution in [0.15, 0.2) is 0 Å². The number of hydrogen-bond acceptors (Lipinski definition) is 3. The summed E-state index contributed by atoms with van der Waals surface area (Å²) in [6.45, 7) is 8.34. The van der Waals surface area contributed by atoms with E-state index in [1.807, 2.05) is 6.92 Å². The Balaban J connectivity index is 2.23. The zero-order valence-corrected chi connectivity index (χ0v) is 11.8. The second-order valence-corrected chi connectivity index (χ2v) is 5.64. The molecule has 0 bridgehead atoms. The van der Waals surface area contributed by atoms with Gasteiger partial charge in [-0.25, -0.2) is 0 Å². The van der Waals surface area contributed by atoms with Gasteiger partial charge in [-0.1, -0.05) is 6.92 Å². The normalized spacial score (nSPS) is 20.9. The van der Waals surface area contributed by atoms with E-state index in [0.29, 0.717) is 6.04 Å². The second-order valence-electron chi connectivity index (χ2n) is 5.64. The SMILES string of the molecule is CCNC(C)(C#N)CCCN(C)C(C)C1CC1. The largest absolute Gasteiger partial charge is 0.303 e. The average Bonchev–Trinajstić information content (AvgIpc) is 3.12. The first kappa shape index (κ1) is 14.5. The van der Waals surface area contributed by atoms with Crippen LogP contribution in [0, 0.1) is 17.2 Å². The molecular formula is C14H27N3. The maximum Gasteiger partial charge on any atom is 0.103 e. The van der Waals surface area contributed by atoms with Gasteiger partial charge in [0.2, 0.25) is 0 Å². The highest BCUT2D eigenvalue weighted by molar-refractivity contribution is 5.03. The van der Waals surface area contributed by atoms with Crippen molar-refractivity contribution >= 4 is 0 Å². The Hall–Kier alpha value is -0.590. The van der Waals surface area contributed by atoms with Crippen molar-refractivity contribution in [2.45, 2.75) is 58.0 Å². The van der Waals surface area contributed by atoms with Gasteiger partial charge in [0.1, 0.15) is 5.54 Å². The summed E-state index contributed by atoms with van der Waals surface area (Å²) >= 11 is 0. The monoisotopic (exact) mass is 237 g/mol. The lowest BCUT2D eigenvalue weighted by molar-refractivity contribution is 0.223. The van der Waals surface area contributed by atoms with Crippen molar-refractivity contribution in [3.8, 4) is 6.07 Å². The van der Waals surface area contributed by atoms with Crippen LogP contribution in [-0.2, 0) is 0 Å². The van der Waals surface area contributed by atoms with Crippen molar-refractivity contribution in [3.05, 3.63) is 0 Å². The number of hydrogen-bond donors (Lipinski definition) is 1. The Morgan fingerprint density at radius 1 is 1.53 bits per heavy atom. The molecule has 1 saturated carbocycles. The topological polar surface area (TPSA) is 39.1 Å². The summed E-state index contributed by atoms with van der Waals surface area (Å²) in [5.74, 6) is 0.927. The van der Waals surface area contributed by atoms with E-state index in [4.69, 9.17) is 5.26 Å². The van der Waals surface area contributed by atoms with Gasteiger partial charge in [0.25, 0.3) is 0 Å². The van der Waals surface area contributed by atoms with Crippen LogP contribution in [-0.4, -0.2) is 36.6 Å². The Kier molecular flexibility index (Phi) is 5.42. The molecule has 1 aliphatic carbocycles. The van der Waals surface area contributed by atoms with Crippen LogP contribution in [0.4, 0.5) is 0 Å². The predicted molar refractivity (Wildman–Crippen MR) is 71.7 cm³/mol. The van der Waals surface area contributed by atoms with Crippen LogP contribution >= 0.6 is 0 Å². The maximum absolute atomic E-state index is 9.16. The molecule has 1 rings (SSSR count). The first-order valence-corrected chi connectivity index (χ1v) is 6.89. The van der Waals surface area contributed by atoms with Crippen LogP contribution in [0.3, 0.4) is 0 Å². The fourth-order valence-electron chi connectivity index (χ4n) is 2.40. The van der Waals surface area contributed by atoms with Gasteiger partial charge in [-0.3, -0.25) is 5.32 Å². The van der Waals surface area contributed by atoms with E-state index in [0.717, 1.165) is 31.8 Å². The van der Waals surface area contributed by atoms with Gasteiger partial charge in [-0.15, -0.1) is 0 Å². The fraction of sp³-hybridized carbons (Fsp3) is 0.929. The van der Waals surface area contributed by atoms with Gasteiger partial charge in [0.05, 0.1) is 6.07 Å². The summed E-state index contributed by atoms with van der Waals surface area (Å²) < 4.78 is 0. The van der Waals surface area contributed by atoms with Gasteiger partial charge < -0.3 is 4.90 Å². The molecule has 1 N–H and O–H groups in total. The number of nitrogens with one attached hydrogen (secondary N) is 1. The third-order valence-corrected chi connectivity index (χ3v) is 4.00. The second kappa shape index (κ2) is 6.37. The molecule has 1 aliphatic rings. The molecular weight excluding hydrogens is 210 g/mol. The first-order valence-electron chi connectivity index (χ1n) is 6.89. The highest BCUT2D eigenvalue weighted by Crippen LogP contribution is 2.34. The van der Waals surface area contributed by atoms with Gasteiger partial charge in [-0.05, 0) is 65.6 Å². The van der Waals surface area contributed by atoms with E-state index in [1.165, 1.54) is 12.8 Å². The predicted octanol–water partition coefficient (Wildman–Crippen LogP) is 2.39. The Bertz CT molecular complexity index is 267. The van der Waals surface area contributed by atoms with E-state index >= 15 is 0 Å². The summed E-state index contributed by atoms with van der Waals surface area (Å²) in [6, 6.07) is 3.10. The van der Waals surface area contributed by atoms with E-state index < -0.39 is 0 Å². The molecule has 1 fully saturated rings. The van der Waals surface area contributed by atoms with E-state index in [9.17, 15) is 0 Å². The van der Waals surface area contributed by atoms with Crippen molar-refractivity contribution in [2.24, 2.45) is 5.92 Å². The van der Waals surface area contributed by atoms with Crippen LogP contribution in [0.25, 0.3) is 0 Å². The Morgan fingerprint density at radius 3 is 2.65 bits per heavy atom. The van der Waals surface area contributed by atoms with E-state index in [2.05, 4.69) is 37.2 Å². The summed E-state index contributed by atoms with van der Waals surface area (Å²) in [5, 5.41) is 12.4. The molecule has 0 aromatic carbocycles. The molecule has 0 aromatic rings. The van der Waals surface area contributed by atoms with Crippen molar-refractivity contribution in [1.29, 1.82) is 5.26 Å². The number of rotatable bonds is 8. The lowest BCUT2D eigenvalue weighted by Gasteiger charge is -2.27. The maximum atomic E-state index is 9.16. The van der Waals surface area contributed by atoms with Gasteiger partial charge in [0.15, 0.2) is 0 Å². The molecule has 0 aliphatic heterocycles. The third-order valence-electron chi connectivity index (χ3n) is 4.00. The van der Waals surface area contributed by atoms with Crippen LogP contribution in [0.1, 0.15) is 46.5 Å². The molecule has 98 valence electrons. The molecule has 0 heterocycles. The lowest BCUT2D eigenvalue weighted by atomic mass is 9.97. The summed E-state index contributed by atoms with van der Waals surface area (Å²) in [5.41, 5.74) is -0.349. The quantitative estimate of drug-likeness (QED) is 0.704. The molecule has 3 heteroatoms. The third kappa shape index (κ3) is 4.65. The molecule has 17 heavy (non-hydrogen) atoms. The summed E-state index contributed by atoms with van der Waals surface area (Å²) in [6.07, 6.45) is 4.82. The van der Waals surface area contributed by atoms with Gasteiger partial charge in [0, 0.05) is 6.04 Å². The minimum Gasteiger partial charge on any atom is -0.303 e. The molecule has 2 unspecified atom stereocenters. The molecule has 0 saturated heterocycles. The van der Waals surface area contributed by atoms with Crippen molar-refractivity contribution in [3.63, 3.8) is 0 Å². The summed E-state index contributed by atoms with van der Waals surface area (Å²) in [4.78, 5) is 2.45. The first-order chi connectivity index (χ1) is 8.02. The van der Waals surface area contributed by atoms with Crippen LogP contribution in [0.5, 0.6) is 0 Å². The number of nitriles is 1. The highest BCUT2D eigenvalue weighted by atomic mass is 15.1. The molecule has 0 amide bonds. The van der Waals surface area contributed by atoms with Crippen LogP contribution < -0.4 is 5.32 Å². The molecule has 2 atom stereocenters. The minimum atomic E-state index is -0.349. The van der Waals surface area contributed by atoms with Crippen LogP contribution in [0.2, 0.25) is 0 Å². The average molecular weight is 237 g/mol. The van der Waals surface area contributed by atoms with Gasteiger partial charge >= 0.3 is 0 Å². The highest BCUT2D eigenvalue weighted by Gasteiger charge is 2.30. The zero-order valence-electron chi connectivity index (χ0n) is 11.8. The molecule has 0 radical (unpaired) electrons. The van der Waals surface area contributed by atoms with E-state index in [-0.39, 0.29) is 5.54 Å². The Labute approximate surface area is 106 Å². The van der Waals surface area contributed by atoms with Crippen molar-refractivity contribution in [1.82, 2.24) is 10.2 Å². The van der Waals surface area contributed by atoms with Gasteiger partial charge in [-0.2, -0.15) is 5.26 Å². The van der Waals surface area contributed by atoms with Crippen molar-refractivity contribution in [2.75, 3.05) is 20.1 Å². The summed E-state index contributed by atoms with van der Waals surface area (Å²) in [7, 11) is 2.21. The molecule has 0 spiro atoms. The molecule has 0 aromatic heterocycles. The Morgan fingerprint density at radius 2 is 2.18 bits per heavy atom. The van der Waals surface area contributed by atoms with Crippen molar-refractivity contribution < 1.29 is 0 Å². The smallest absolute Gasteiger partial charge is 0.103 e. The fourth-order valence-corrected chi connectivity index (χ4v) is 2.40. The lowest BCUT2D eigenvalue weighted by Crippen LogP contribution is -2.41. The zero-order chi connectivity index (χ0) is 12.9. The minimum absolute atomic E-state index is 0.349. The standard InChI is InChI=1S/C14H27N3/c1-5-16-14(3,11-15)9-6-10-17(4)12(2)13-7-8-13/h12-13,16H,5-10H2,1-4H3. The molecule has 3 nitrogen and oxygen atoms in total. The van der Waals surface area contributed by atoms with E-state index in [1.54, 1.807) is 0 Å².